The van der Waals surface area contributed by atoms with Crippen LogP contribution in [0.2, 0.25) is 0 Å². The number of pyridine rings is 1. The summed E-state index contributed by atoms with van der Waals surface area (Å²) in [5, 5.41) is 2.89. The molecule has 0 bridgehead atoms. The van der Waals surface area contributed by atoms with E-state index in [-0.39, 0.29) is 10.8 Å². The van der Waals surface area contributed by atoms with Gasteiger partial charge in [0.05, 0.1) is 10.4 Å². The van der Waals surface area contributed by atoms with Gasteiger partial charge < -0.3 is 0 Å². The smallest absolute Gasteiger partial charge is 0.0880 e. The van der Waals surface area contributed by atoms with Gasteiger partial charge in [-0.05, 0) is 71.3 Å². The molecule has 1 aliphatic carbocycles. The van der Waals surface area contributed by atoms with Gasteiger partial charge in [-0.25, -0.2) is 0 Å². The molecule has 0 aliphatic heterocycles. The highest BCUT2D eigenvalue weighted by atomic mass is 32.1. The monoisotopic (exact) mass is 441 g/mol. The topological polar surface area (TPSA) is 12.9 Å². The summed E-state index contributed by atoms with van der Waals surface area (Å²) in [5.74, 6) is 0.625. The second-order valence-electron chi connectivity index (χ2n) is 11.4. The lowest BCUT2D eigenvalue weighted by Crippen LogP contribution is -2.35. The van der Waals surface area contributed by atoms with Crippen molar-refractivity contribution in [3.63, 3.8) is 0 Å². The first-order chi connectivity index (χ1) is 15.1. The van der Waals surface area contributed by atoms with E-state index in [0.717, 1.165) is 12.1 Å². The van der Waals surface area contributed by atoms with E-state index in [9.17, 15) is 0 Å². The highest BCUT2D eigenvalue weighted by molar-refractivity contribution is 7.26. The third-order valence-corrected chi connectivity index (χ3v) is 8.83. The van der Waals surface area contributed by atoms with E-state index in [2.05, 4.69) is 84.9 Å². The number of thiophene rings is 1. The fourth-order valence-electron chi connectivity index (χ4n) is 5.97. The number of nitrogens with zero attached hydrogens (tertiary/aromatic N) is 1. The van der Waals surface area contributed by atoms with Crippen LogP contribution in [0.15, 0.2) is 42.6 Å². The summed E-state index contributed by atoms with van der Waals surface area (Å²) >= 11 is 1.99. The van der Waals surface area contributed by atoms with Gasteiger partial charge in [-0.1, -0.05) is 71.9 Å². The number of aromatic nitrogens is 1. The second kappa shape index (κ2) is 7.42. The predicted molar refractivity (Wildman–Crippen MR) is 141 cm³/mol. The highest BCUT2D eigenvalue weighted by Crippen LogP contribution is 2.54. The van der Waals surface area contributed by atoms with Crippen LogP contribution in [-0.2, 0) is 17.3 Å². The minimum Gasteiger partial charge on any atom is -0.255 e. The Bertz CT molecular complexity index is 1320. The van der Waals surface area contributed by atoms with Gasteiger partial charge in [0, 0.05) is 27.2 Å². The molecule has 0 fully saturated rings. The van der Waals surface area contributed by atoms with Crippen molar-refractivity contribution in [1.29, 1.82) is 0 Å². The molecule has 0 amide bonds. The van der Waals surface area contributed by atoms with Crippen molar-refractivity contribution in [3.8, 4) is 11.3 Å². The van der Waals surface area contributed by atoms with Crippen molar-refractivity contribution in [2.75, 3.05) is 0 Å². The maximum Gasteiger partial charge on any atom is 0.0880 e. The molecule has 0 saturated carbocycles. The van der Waals surface area contributed by atoms with Crippen LogP contribution in [0.1, 0.15) is 76.6 Å². The molecule has 2 aromatic heterocycles. The van der Waals surface area contributed by atoms with E-state index in [1.54, 1.807) is 16.7 Å². The highest BCUT2D eigenvalue weighted by Gasteiger charge is 2.41. The average Bonchev–Trinajstić information content (AvgIpc) is 3.12. The normalized spacial score (nSPS) is 17.2. The minimum absolute atomic E-state index is 0.186. The van der Waals surface area contributed by atoms with E-state index in [1.165, 1.54) is 44.1 Å². The first-order valence-electron chi connectivity index (χ1n) is 12.0. The van der Waals surface area contributed by atoms with E-state index < -0.39 is 0 Å². The summed E-state index contributed by atoms with van der Waals surface area (Å²) in [4.78, 5) is 4.87. The Kier molecular flexibility index (Phi) is 5.02. The summed E-state index contributed by atoms with van der Waals surface area (Å²) in [6, 6.07) is 13.0. The van der Waals surface area contributed by atoms with Crippen LogP contribution in [0, 0.1) is 12.8 Å². The SMILES string of the molecule is Cc1c2c(c3sc4c(-c5ccccc5)nccc4c3c1CC(C)C)C(C)(C)CCC2(C)C. The summed E-state index contributed by atoms with van der Waals surface area (Å²) in [5.41, 5.74) is 9.07. The number of rotatable bonds is 3. The standard InChI is InChI=1S/C30H35NS/c1-18(2)17-22-19(3)24-25(30(6,7)15-14-29(24,4)5)28-23(22)21-13-16-31-26(27(21)32-28)20-11-9-8-10-12-20/h8-13,16,18H,14-15,17H2,1-7H3. The van der Waals surface area contributed by atoms with Crippen LogP contribution in [0.5, 0.6) is 0 Å². The number of hydrogen-bond donors (Lipinski definition) is 0. The molecule has 0 N–H and O–H groups in total. The van der Waals surface area contributed by atoms with Gasteiger partial charge in [-0.2, -0.15) is 0 Å². The van der Waals surface area contributed by atoms with Gasteiger partial charge in [0.2, 0.25) is 0 Å². The molecule has 32 heavy (non-hydrogen) atoms. The lowest BCUT2D eigenvalue weighted by atomic mass is 9.61. The average molecular weight is 442 g/mol. The largest absolute Gasteiger partial charge is 0.255 e. The molecule has 2 aromatic carbocycles. The van der Waals surface area contributed by atoms with E-state index in [4.69, 9.17) is 4.98 Å². The molecule has 2 heterocycles. The lowest BCUT2D eigenvalue weighted by molar-refractivity contribution is 0.333. The molecule has 0 radical (unpaired) electrons. The van der Waals surface area contributed by atoms with Gasteiger partial charge in [0.1, 0.15) is 0 Å². The van der Waals surface area contributed by atoms with Gasteiger partial charge >= 0.3 is 0 Å². The van der Waals surface area contributed by atoms with Crippen LogP contribution in [0.3, 0.4) is 0 Å². The van der Waals surface area contributed by atoms with Crippen LogP contribution in [0.4, 0.5) is 0 Å². The molecule has 0 atom stereocenters. The maximum absolute atomic E-state index is 4.87. The van der Waals surface area contributed by atoms with Crippen molar-refractivity contribution in [2.45, 2.75) is 78.6 Å². The van der Waals surface area contributed by atoms with Crippen LogP contribution in [-0.4, -0.2) is 4.98 Å². The fraction of sp³-hybridized carbons (Fsp3) is 0.433. The fourth-order valence-corrected chi connectivity index (χ4v) is 7.54. The van der Waals surface area contributed by atoms with E-state index in [0.29, 0.717) is 5.92 Å². The Labute approximate surface area is 196 Å². The van der Waals surface area contributed by atoms with Gasteiger partial charge in [0.15, 0.2) is 0 Å². The summed E-state index contributed by atoms with van der Waals surface area (Å²) in [6.45, 7) is 17.0. The number of hydrogen-bond acceptors (Lipinski definition) is 2. The van der Waals surface area contributed by atoms with Crippen LogP contribution in [0.25, 0.3) is 31.4 Å². The molecule has 2 heteroatoms. The summed E-state index contributed by atoms with van der Waals surface area (Å²) in [6.07, 6.45) is 5.63. The number of fused-ring (bicyclic) bond motifs is 5. The van der Waals surface area contributed by atoms with Crippen LogP contribution < -0.4 is 0 Å². The zero-order valence-electron chi connectivity index (χ0n) is 20.6. The molecule has 0 saturated heterocycles. The van der Waals surface area contributed by atoms with Crippen molar-refractivity contribution in [3.05, 3.63) is 64.8 Å². The minimum atomic E-state index is 0.186. The third-order valence-electron chi connectivity index (χ3n) is 7.60. The first-order valence-corrected chi connectivity index (χ1v) is 12.9. The Hall–Kier alpha value is -2.19. The second-order valence-corrected chi connectivity index (χ2v) is 12.4. The molecule has 0 unspecified atom stereocenters. The zero-order valence-corrected chi connectivity index (χ0v) is 21.4. The Morgan fingerprint density at radius 1 is 0.906 bits per heavy atom. The molecular weight excluding hydrogens is 406 g/mol. The van der Waals surface area contributed by atoms with E-state index in [1.807, 2.05) is 17.5 Å². The van der Waals surface area contributed by atoms with Crippen molar-refractivity contribution in [1.82, 2.24) is 4.98 Å². The van der Waals surface area contributed by atoms with E-state index >= 15 is 0 Å². The Balaban J connectivity index is 1.99. The maximum atomic E-state index is 4.87. The lowest BCUT2D eigenvalue weighted by Gasteiger charge is -2.44. The molecule has 166 valence electrons. The Morgan fingerprint density at radius 3 is 2.22 bits per heavy atom. The summed E-state index contributed by atoms with van der Waals surface area (Å²) in [7, 11) is 0. The van der Waals surface area contributed by atoms with Crippen molar-refractivity contribution >= 4 is 31.5 Å². The van der Waals surface area contributed by atoms with Gasteiger partial charge in [-0.3, -0.25) is 4.98 Å². The van der Waals surface area contributed by atoms with Crippen LogP contribution >= 0.6 is 11.3 Å². The quantitative estimate of drug-likeness (QED) is 0.309. The molecule has 4 aromatic rings. The molecular formula is C30H35NS. The Morgan fingerprint density at radius 2 is 1.56 bits per heavy atom. The summed E-state index contributed by atoms with van der Waals surface area (Å²) < 4.78 is 2.85. The van der Waals surface area contributed by atoms with Gasteiger partial charge in [-0.15, -0.1) is 11.3 Å². The molecule has 1 nitrogen and oxygen atoms in total. The zero-order chi connectivity index (χ0) is 22.8. The van der Waals surface area contributed by atoms with Crippen molar-refractivity contribution < 1.29 is 0 Å². The van der Waals surface area contributed by atoms with Gasteiger partial charge in [0.25, 0.3) is 0 Å². The number of benzene rings is 2. The molecule has 1 aliphatic rings. The first kappa shape index (κ1) is 21.6. The third kappa shape index (κ3) is 3.22. The molecule has 5 rings (SSSR count). The van der Waals surface area contributed by atoms with Crippen molar-refractivity contribution in [2.24, 2.45) is 5.92 Å². The molecule has 0 spiro atoms. The predicted octanol–water partition coefficient (Wildman–Crippen LogP) is 8.97.